The number of benzene rings is 1. The quantitative estimate of drug-likeness (QED) is 0.686. The van der Waals surface area contributed by atoms with Crippen LogP contribution >= 0.6 is 0 Å². The molecule has 3 heterocycles. The summed E-state index contributed by atoms with van der Waals surface area (Å²) in [5, 5.41) is 0. The van der Waals surface area contributed by atoms with E-state index in [4.69, 9.17) is 9.47 Å². The number of carbonyl (C=O) groups is 1. The number of hydrogen-bond donors (Lipinski definition) is 0. The number of fused-ring (bicyclic) bond motifs is 3. The maximum atomic E-state index is 12.3. The molecule has 3 aliphatic heterocycles. The average Bonchev–Trinajstić information content (AvgIpc) is 3.16. The highest BCUT2D eigenvalue weighted by atomic mass is 16.7. The van der Waals surface area contributed by atoms with Gasteiger partial charge in [0.05, 0.1) is 5.54 Å². The van der Waals surface area contributed by atoms with E-state index in [1.807, 2.05) is 0 Å². The number of hydrogen-bond acceptors (Lipinski definition) is 3. The monoisotopic (exact) mass is 283 g/mol. The zero-order valence-corrected chi connectivity index (χ0v) is 11.8. The lowest BCUT2D eigenvalue weighted by Crippen LogP contribution is -2.47. The van der Waals surface area contributed by atoms with Crippen LogP contribution in [0.15, 0.2) is 24.3 Å². The third-order valence-corrected chi connectivity index (χ3v) is 5.56. The molecule has 0 radical (unpaired) electrons. The molecule has 2 atom stereocenters. The molecule has 0 N–H and O–H groups in total. The fourth-order valence-corrected chi connectivity index (χ4v) is 4.57. The minimum atomic E-state index is -0.0178. The van der Waals surface area contributed by atoms with Crippen molar-refractivity contribution in [2.24, 2.45) is 0 Å². The molecule has 0 aromatic heterocycles. The summed E-state index contributed by atoms with van der Waals surface area (Å²) in [6, 6.07) is 4.26. The Bertz CT molecular complexity index is 681. The molecule has 1 aromatic rings. The minimum Gasteiger partial charge on any atom is -0.454 e. The van der Waals surface area contributed by atoms with Gasteiger partial charge in [0.2, 0.25) is 12.7 Å². The molecule has 0 bridgehead atoms. The molecule has 1 amide bonds. The first-order valence-corrected chi connectivity index (χ1v) is 7.67. The van der Waals surface area contributed by atoms with E-state index in [2.05, 4.69) is 29.2 Å². The van der Waals surface area contributed by atoms with Gasteiger partial charge in [-0.05, 0) is 42.5 Å². The molecule has 0 unspecified atom stereocenters. The lowest BCUT2D eigenvalue weighted by atomic mass is 9.79. The van der Waals surface area contributed by atoms with Crippen molar-refractivity contribution in [1.29, 1.82) is 0 Å². The Morgan fingerprint density at radius 3 is 2.95 bits per heavy atom. The van der Waals surface area contributed by atoms with Crippen molar-refractivity contribution in [3.05, 3.63) is 35.4 Å². The summed E-state index contributed by atoms with van der Waals surface area (Å²) in [4.78, 5) is 14.4. The van der Waals surface area contributed by atoms with Crippen LogP contribution in [-0.4, -0.2) is 29.7 Å². The highest BCUT2D eigenvalue weighted by Gasteiger charge is 2.53. The average molecular weight is 283 g/mol. The molecule has 4 aliphatic rings. The largest absolute Gasteiger partial charge is 0.454 e. The van der Waals surface area contributed by atoms with E-state index in [-0.39, 0.29) is 5.54 Å². The summed E-state index contributed by atoms with van der Waals surface area (Å²) in [5.41, 5.74) is 2.61. The van der Waals surface area contributed by atoms with Gasteiger partial charge in [0.1, 0.15) is 0 Å². The summed E-state index contributed by atoms with van der Waals surface area (Å²) in [6.45, 7) is 1.14. The van der Waals surface area contributed by atoms with Crippen LogP contribution in [0.1, 0.15) is 36.3 Å². The normalized spacial score (nSPS) is 31.9. The molecule has 1 aliphatic carbocycles. The first-order chi connectivity index (χ1) is 10.3. The standard InChI is InChI=1S/C17H17NO3/c19-16-3-6-17-5-1-2-13(17)12-9-15-14(20-10-21-15)8-11(12)4-7-18(16)17/h1-2,8-9,13H,3-7,10H2/t13-,17+/m0/s1. The smallest absolute Gasteiger partial charge is 0.231 e. The van der Waals surface area contributed by atoms with Crippen LogP contribution in [-0.2, 0) is 11.2 Å². The molecular weight excluding hydrogens is 266 g/mol. The Morgan fingerprint density at radius 1 is 1.19 bits per heavy atom. The lowest BCUT2D eigenvalue weighted by Gasteiger charge is -2.38. The number of rotatable bonds is 0. The predicted molar refractivity (Wildman–Crippen MR) is 76.4 cm³/mol. The van der Waals surface area contributed by atoms with Crippen LogP contribution in [0.2, 0.25) is 0 Å². The van der Waals surface area contributed by atoms with Crippen LogP contribution in [0, 0.1) is 0 Å². The van der Waals surface area contributed by atoms with Crippen LogP contribution in [0.3, 0.4) is 0 Å². The molecule has 0 saturated carbocycles. The van der Waals surface area contributed by atoms with Gasteiger partial charge in [0.25, 0.3) is 0 Å². The van der Waals surface area contributed by atoms with Crippen molar-refractivity contribution in [1.82, 2.24) is 4.90 Å². The molecule has 4 nitrogen and oxygen atoms in total. The van der Waals surface area contributed by atoms with Gasteiger partial charge in [-0.1, -0.05) is 12.2 Å². The zero-order valence-electron chi connectivity index (χ0n) is 11.8. The number of carbonyl (C=O) groups excluding carboxylic acids is 1. The van der Waals surface area contributed by atoms with E-state index < -0.39 is 0 Å². The molecule has 1 fully saturated rings. The maximum absolute atomic E-state index is 12.3. The molecule has 108 valence electrons. The Balaban J connectivity index is 1.70. The highest BCUT2D eigenvalue weighted by molar-refractivity contribution is 5.81. The molecular formula is C17H17NO3. The van der Waals surface area contributed by atoms with E-state index in [1.54, 1.807) is 0 Å². The van der Waals surface area contributed by atoms with Crippen molar-refractivity contribution in [3.8, 4) is 11.5 Å². The molecule has 1 aromatic carbocycles. The number of amides is 1. The molecule has 21 heavy (non-hydrogen) atoms. The van der Waals surface area contributed by atoms with Crippen LogP contribution in [0.5, 0.6) is 11.5 Å². The zero-order chi connectivity index (χ0) is 14.0. The van der Waals surface area contributed by atoms with Gasteiger partial charge >= 0.3 is 0 Å². The molecule has 1 spiro atoms. The summed E-state index contributed by atoms with van der Waals surface area (Å²) in [6.07, 6.45) is 8.09. The van der Waals surface area contributed by atoms with Gasteiger partial charge in [-0.15, -0.1) is 0 Å². The SMILES string of the molecule is O=C1CC[C@]23CC=C[C@H]2c2cc4c(cc2CCN13)OCO4. The van der Waals surface area contributed by atoms with E-state index in [0.29, 0.717) is 25.0 Å². The lowest BCUT2D eigenvalue weighted by molar-refractivity contribution is -0.131. The van der Waals surface area contributed by atoms with Crippen molar-refractivity contribution < 1.29 is 14.3 Å². The Morgan fingerprint density at radius 2 is 2.05 bits per heavy atom. The van der Waals surface area contributed by atoms with Gasteiger partial charge < -0.3 is 14.4 Å². The third-order valence-electron chi connectivity index (χ3n) is 5.56. The second kappa shape index (κ2) is 3.81. The first-order valence-electron chi connectivity index (χ1n) is 7.67. The van der Waals surface area contributed by atoms with Crippen LogP contribution < -0.4 is 9.47 Å². The Labute approximate surface area is 123 Å². The van der Waals surface area contributed by atoms with Crippen molar-refractivity contribution >= 4 is 5.91 Å². The fourth-order valence-electron chi connectivity index (χ4n) is 4.57. The van der Waals surface area contributed by atoms with Crippen LogP contribution in [0.25, 0.3) is 0 Å². The molecule has 1 saturated heterocycles. The summed E-state index contributed by atoms with van der Waals surface area (Å²) >= 11 is 0. The summed E-state index contributed by atoms with van der Waals surface area (Å²) < 4.78 is 11.1. The van der Waals surface area contributed by atoms with Crippen molar-refractivity contribution in [2.75, 3.05) is 13.3 Å². The summed E-state index contributed by atoms with van der Waals surface area (Å²) in [5.74, 6) is 2.31. The fraction of sp³-hybridized carbons (Fsp3) is 0.471. The van der Waals surface area contributed by atoms with Gasteiger partial charge in [-0.2, -0.15) is 0 Å². The Kier molecular flexibility index (Phi) is 2.12. The number of nitrogens with zero attached hydrogens (tertiary/aromatic N) is 1. The van der Waals surface area contributed by atoms with Crippen molar-refractivity contribution in [2.45, 2.75) is 37.1 Å². The second-order valence-corrected chi connectivity index (χ2v) is 6.41. The van der Waals surface area contributed by atoms with Gasteiger partial charge in [-0.25, -0.2) is 0 Å². The van der Waals surface area contributed by atoms with E-state index >= 15 is 0 Å². The van der Waals surface area contributed by atoms with E-state index in [0.717, 1.165) is 37.3 Å². The van der Waals surface area contributed by atoms with Crippen molar-refractivity contribution in [3.63, 3.8) is 0 Å². The van der Waals surface area contributed by atoms with Crippen LogP contribution in [0.4, 0.5) is 0 Å². The first kappa shape index (κ1) is 11.7. The van der Waals surface area contributed by atoms with Gasteiger partial charge in [0, 0.05) is 18.9 Å². The summed E-state index contributed by atoms with van der Waals surface area (Å²) in [7, 11) is 0. The second-order valence-electron chi connectivity index (χ2n) is 6.41. The third kappa shape index (κ3) is 1.38. The minimum absolute atomic E-state index is 0.0178. The Hall–Kier alpha value is -1.97. The van der Waals surface area contributed by atoms with Gasteiger partial charge in [0.15, 0.2) is 11.5 Å². The van der Waals surface area contributed by atoms with E-state index in [1.165, 1.54) is 11.1 Å². The van der Waals surface area contributed by atoms with Gasteiger partial charge in [-0.3, -0.25) is 4.79 Å². The number of ether oxygens (including phenoxy) is 2. The molecule has 4 heteroatoms. The van der Waals surface area contributed by atoms with E-state index in [9.17, 15) is 4.79 Å². The maximum Gasteiger partial charge on any atom is 0.231 e. The highest BCUT2D eigenvalue weighted by Crippen LogP contribution is 2.53. The predicted octanol–water partition coefficient (Wildman–Crippen LogP) is 2.38. The molecule has 5 rings (SSSR count). The topological polar surface area (TPSA) is 38.8 Å².